The van der Waals surface area contributed by atoms with Gasteiger partial charge in [-0.3, -0.25) is 4.79 Å². The Bertz CT molecular complexity index is 500. The predicted octanol–water partition coefficient (Wildman–Crippen LogP) is 3.02. The summed E-state index contributed by atoms with van der Waals surface area (Å²) in [5.74, 6) is 0.768. The molecule has 1 aromatic rings. The van der Waals surface area contributed by atoms with Crippen LogP contribution in [0.4, 0.5) is 0 Å². The third-order valence-corrected chi connectivity index (χ3v) is 3.48. The van der Waals surface area contributed by atoms with Gasteiger partial charge in [-0.1, -0.05) is 38.8 Å². The summed E-state index contributed by atoms with van der Waals surface area (Å²) in [6, 6.07) is 7.39. The van der Waals surface area contributed by atoms with Gasteiger partial charge < -0.3 is 16.8 Å². The molecule has 1 aromatic carbocycles. The van der Waals surface area contributed by atoms with Crippen LogP contribution in [-0.4, -0.2) is 17.9 Å². The molecule has 0 spiro atoms. The van der Waals surface area contributed by atoms with Crippen molar-refractivity contribution in [2.45, 2.75) is 52.6 Å². The van der Waals surface area contributed by atoms with E-state index >= 15 is 0 Å². The molecule has 5 nitrogen and oxygen atoms in total. The highest BCUT2D eigenvalue weighted by Gasteiger charge is 2.04. The van der Waals surface area contributed by atoms with E-state index in [1.165, 1.54) is 12.8 Å². The van der Waals surface area contributed by atoms with Gasteiger partial charge in [-0.25, -0.2) is 4.99 Å². The number of hydrogen-bond donors (Lipinski definition) is 3. The average Bonchev–Trinajstić information content (AvgIpc) is 2.45. The van der Waals surface area contributed by atoms with Crippen LogP contribution in [0, 0.1) is 5.92 Å². The summed E-state index contributed by atoms with van der Waals surface area (Å²) in [6.07, 6.45) is 3.50. The Kier molecular flexibility index (Phi) is 10.6. The highest BCUT2D eigenvalue weighted by Crippen LogP contribution is 2.08. The van der Waals surface area contributed by atoms with Crippen molar-refractivity contribution in [3.05, 3.63) is 35.4 Å². The number of aliphatic imine (C=N–C) groups is 1. The van der Waals surface area contributed by atoms with E-state index in [9.17, 15) is 4.79 Å². The van der Waals surface area contributed by atoms with Gasteiger partial charge in [0.25, 0.3) is 0 Å². The third-order valence-electron chi connectivity index (χ3n) is 3.48. The summed E-state index contributed by atoms with van der Waals surface area (Å²) in [7, 11) is 0. The summed E-state index contributed by atoms with van der Waals surface area (Å²) in [5.41, 5.74) is 12.6. The Morgan fingerprint density at radius 3 is 2.26 bits per heavy atom. The summed E-state index contributed by atoms with van der Waals surface area (Å²) < 4.78 is 0. The SMILES string of the molecule is CC(C)CCCC(C)NC(N)=NCc1ccc(C(N)=O)cc1.I. The standard InChI is InChI=1S/C17H28N4O.HI/c1-12(2)5-4-6-13(3)21-17(19)20-11-14-7-9-15(10-8-14)16(18)22;/h7-10,12-13H,4-6,11H2,1-3H3,(H2,18,22)(H3,19,20,21);1H. The maximum absolute atomic E-state index is 11.0. The van der Waals surface area contributed by atoms with Gasteiger partial charge in [0.2, 0.25) is 5.91 Å². The Morgan fingerprint density at radius 2 is 1.74 bits per heavy atom. The Morgan fingerprint density at radius 1 is 1.13 bits per heavy atom. The fraction of sp³-hybridized carbons (Fsp3) is 0.529. The van der Waals surface area contributed by atoms with Crippen molar-refractivity contribution in [1.82, 2.24) is 5.32 Å². The lowest BCUT2D eigenvalue weighted by molar-refractivity contribution is 0.100. The van der Waals surface area contributed by atoms with Crippen molar-refractivity contribution < 1.29 is 4.79 Å². The number of carbonyl (C=O) groups is 1. The maximum atomic E-state index is 11.0. The first-order valence-electron chi connectivity index (χ1n) is 7.83. The van der Waals surface area contributed by atoms with Crippen LogP contribution in [0.15, 0.2) is 29.3 Å². The van der Waals surface area contributed by atoms with E-state index in [0.717, 1.165) is 17.9 Å². The molecular formula is C17H29IN4O. The van der Waals surface area contributed by atoms with E-state index in [1.807, 2.05) is 12.1 Å². The molecule has 1 unspecified atom stereocenters. The van der Waals surface area contributed by atoms with Gasteiger partial charge in [-0.05, 0) is 37.0 Å². The Balaban J connectivity index is 0.00000484. The smallest absolute Gasteiger partial charge is 0.248 e. The highest BCUT2D eigenvalue weighted by atomic mass is 127. The maximum Gasteiger partial charge on any atom is 0.248 e. The minimum atomic E-state index is -0.425. The molecular weight excluding hydrogens is 403 g/mol. The van der Waals surface area contributed by atoms with E-state index in [2.05, 4.69) is 31.1 Å². The van der Waals surface area contributed by atoms with Crippen LogP contribution in [0.3, 0.4) is 0 Å². The van der Waals surface area contributed by atoms with Crippen molar-refractivity contribution in [2.24, 2.45) is 22.4 Å². The molecule has 0 bridgehead atoms. The van der Waals surface area contributed by atoms with E-state index in [1.54, 1.807) is 12.1 Å². The van der Waals surface area contributed by atoms with Crippen LogP contribution in [0.25, 0.3) is 0 Å². The monoisotopic (exact) mass is 432 g/mol. The first kappa shape index (κ1) is 21.7. The number of benzene rings is 1. The van der Waals surface area contributed by atoms with Gasteiger partial charge in [-0.15, -0.1) is 24.0 Å². The quantitative estimate of drug-likeness (QED) is 0.335. The Hall–Kier alpha value is -1.31. The van der Waals surface area contributed by atoms with E-state index in [0.29, 0.717) is 24.1 Å². The number of halogens is 1. The van der Waals surface area contributed by atoms with Crippen LogP contribution in [-0.2, 0) is 6.54 Å². The molecule has 0 radical (unpaired) electrons. The highest BCUT2D eigenvalue weighted by molar-refractivity contribution is 14.0. The normalized spacial score (nSPS) is 12.6. The zero-order valence-corrected chi connectivity index (χ0v) is 16.5. The second-order valence-electron chi connectivity index (χ2n) is 6.13. The number of nitrogens with zero attached hydrogens (tertiary/aromatic N) is 1. The Labute approximate surface area is 156 Å². The van der Waals surface area contributed by atoms with Gasteiger partial charge >= 0.3 is 0 Å². The molecule has 6 heteroatoms. The molecule has 0 aliphatic carbocycles. The summed E-state index contributed by atoms with van der Waals surface area (Å²) in [4.78, 5) is 15.3. The predicted molar refractivity (Wildman–Crippen MR) is 107 cm³/mol. The number of guanidine groups is 1. The van der Waals surface area contributed by atoms with Crippen LogP contribution >= 0.6 is 24.0 Å². The van der Waals surface area contributed by atoms with E-state index in [-0.39, 0.29) is 24.0 Å². The zero-order chi connectivity index (χ0) is 16.5. The van der Waals surface area contributed by atoms with Crippen LogP contribution in [0.2, 0.25) is 0 Å². The molecule has 1 rings (SSSR count). The molecule has 0 aliphatic heterocycles. The van der Waals surface area contributed by atoms with Gasteiger partial charge in [0, 0.05) is 11.6 Å². The molecule has 0 fully saturated rings. The first-order valence-corrected chi connectivity index (χ1v) is 7.83. The fourth-order valence-corrected chi connectivity index (χ4v) is 2.15. The average molecular weight is 432 g/mol. The lowest BCUT2D eigenvalue weighted by Crippen LogP contribution is -2.38. The third kappa shape index (κ3) is 9.43. The molecule has 0 heterocycles. The van der Waals surface area contributed by atoms with Crippen molar-refractivity contribution >= 4 is 35.8 Å². The molecule has 0 aromatic heterocycles. The topological polar surface area (TPSA) is 93.5 Å². The van der Waals surface area contributed by atoms with E-state index in [4.69, 9.17) is 11.5 Å². The van der Waals surface area contributed by atoms with Gasteiger partial charge in [0.15, 0.2) is 5.96 Å². The number of primary amides is 1. The first-order chi connectivity index (χ1) is 10.4. The van der Waals surface area contributed by atoms with Crippen molar-refractivity contribution in [1.29, 1.82) is 0 Å². The molecule has 1 amide bonds. The molecule has 130 valence electrons. The molecule has 5 N–H and O–H groups in total. The minimum Gasteiger partial charge on any atom is -0.370 e. The van der Waals surface area contributed by atoms with Crippen molar-refractivity contribution in [2.75, 3.05) is 0 Å². The van der Waals surface area contributed by atoms with Crippen LogP contribution < -0.4 is 16.8 Å². The van der Waals surface area contributed by atoms with Crippen molar-refractivity contribution in [3.63, 3.8) is 0 Å². The van der Waals surface area contributed by atoms with Gasteiger partial charge in [-0.2, -0.15) is 0 Å². The lowest BCUT2D eigenvalue weighted by atomic mass is 10.0. The summed E-state index contributed by atoms with van der Waals surface area (Å²) in [5, 5.41) is 3.21. The number of rotatable bonds is 8. The van der Waals surface area contributed by atoms with Crippen LogP contribution in [0.5, 0.6) is 0 Å². The number of amides is 1. The molecule has 23 heavy (non-hydrogen) atoms. The van der Waals surface area contributed by atoms with E-state index < -0.39 is 5.91 Å². The summed E-state index contributed by atoms with van der Waals surface area (Å²) in [6.45, 7) is 7.07. The molecule has 0 saturated heterocycles. The van der Waals surface area contributed by atoms with Gasteiger partial charge in [0.05, 0.1) is 6.54 Å². The fourth-order valence-electron chi connectivity index (χ4n) is 2.15. The molecule has 1 atom stereocenters. The zero-order valence-electron chi connectivity index (χ0n) is 14.2. The van der Waals surface area contributed by atoms with Crippen molar-refractivity contribution in [3.8, 4) is 0 Å². The molecule has 0 aliphatic rings. The lowest BCUT2D eigenvalue weighted by Gasteiger charge is -2.15. The number of nitrogens with one attached hydrogen (secondary N) is 1. The largest absolute Gasteiger partial charge is 0.370 e. The second kappa shape index (κ2) is 11.3. The van der Waals surface area contributed by atoms with Crippen LogP contribution in [0.1, 0.15) is 56.0 Å². The second-order valence-corrected chi connectivity index (χ2v) is 6.13. The van der Waals surface area contributed by atoms with Gasteiger partial charge in [0.1, 0.15) is 0 Å². The minimum absolute atomic E-state index is 0. The number of hydrogen-bond acceptors (Lipinski definition) is 2. The summed E-state index contributed by atoms with van der Waals surface area (Å²) >= 11 is 0. The number of nitrogens with two attached hydrogens (primary N) is 2. The molecule has 0 saturated carbocycles. The number of carbonyl (C=O) groups excluding carboxylic acids is 1.